The average molecular weight is 411 g/mol. The van der Waals surface area contributed by atoms with E-state index in [-0.39, 0.29) is 11.7 Å². The number of piperazine rings is 1. The van der Waals surface area contributed by atoms with Gasteiger partial charge in [-0.05, 0) is 30.2 Å². The fourth-order valence-corrected chi connectivity index (χ4v) is 3.63. The zero-order chi connectivity index (χ0) is 19.4. The quantitative estimate of drug-likeness (QED) is 0.822. The van der Waals surface area contributed by atoms with Gasteiger partial charge in [-0.2, -0.15) is 0 Å². The van der Waals surface area contributed by atoms with Crippen LogP contribution in [0.3, 0.4) is 0 Å². The Morgan fingerprint density at radius 2 is 1.93 bits per heavy atom. The van der Waals surface area contributed by atoms with Crippen molar-refractivity contribution in [2.45, 2.75) is 19.0 Å². The first-order valence-electron chi connectivity index (χ1n) is 8.73. The second-order valence-electron chi connectivity index (χ2n) is 6.61. The molecule has 2 aromatic rings. The number of carbonyl (C=O) groups excluding carboxylic acids is 1. The van der Waals surface area contributed by atoms with Crippen molar-refractivity contribution in [3.8, 4) is 0 Å². The third-order valence-corrected chi connectivity index (χ3v) is 5.29. The van der Waals surface area contributed by atoms with E-state index in [4.69, 9.17) is 28.9 Å². The highest BCUT2D eigenvalue weighted by Gasteiger charge is 2.26. The van der Waals surface area contributed by atoms with Crippen LogP contribution in [-0.4, -0.2) is 52.9 Å². The van der Waals surface area contributed by atoms with Crippen molar-refractivity contribution >= 4 is 29.1 Å². The van der Waals surface area contributed by atoms with E-state index < -0.39 is 6.04 Å². The molecule has 1 amide bonds. The number of hydrogen-bond donors (Lipinski definition) is 1. The standard InChI is InChI=1S/C19H21Cl2FN4O/c20-15-2-1-13(16(21)10-15)9-18(23)19(27)26-7-5-25(6-8-26)12-14-3-4-24-11-17(14)22/h1-4,10-11,18H,5-9,12,23H2. The molecule has 1 unspecified atom stereocenters. The van der Waals surface area contributed by atoms with Crippen LogP contribution in [0.5, 0.6) is 0 Å². The van der Waals surface area contributed by atoms with Gasteiger partial charge in [0, 0.05) is 54.5 Å². The zero-order valence-electron chi connectivity index (χ0n) is 14.7. The predicted octanol–water partition coefficient (Wildman–Crippen LogP) is 2.74. The van der Waals surface area contributed by atoms with Gasteiger partial charge in [0.05, 0.1) is 12.2 Å². The second kappa shape index (κ2) is 8.97. The van der Waals surface area contributed by atoms with Crippen LogP contribution in [-0.2, 0) is 17.8 Å². The van der Waals surface area contributed by atoms with E-state index in [1.165, 1.54) is 6.20 Å². The van der Waals surface area contributed by atoms with E-state index in [2.05, 4.69) is 9.88 Å². The van der Waals surface area contributed by atoms with E-state index in [1.807, 2.05) is 0 Å². The van der Waals surface area contributed by atoms with Crippen LogP contribution in [0.2, 0.25) is 10.0 Å². The van der Waals surface area contributed by atoms with Crippen LogP contribution < -0.4 is 5.73 Å². The summed E-state index contributed by atoms with van der Waals surface area (Å²) in [6.45, 7) is 2.97. The van der Waals surface area contributed by atoms with Crippen molar-refractivity contribution in [2.24, 2.45) is 5.73 Å². The van der Waals surface area contributed by atoms with E-state index in [9.17, 15) is 9.18 Å². The number of nitrogens with zero attached hydrogens (tertiary/aromatic N) is 3. The number of nitrogens with two attached hydrogens (primary N) is 1. The van der Waals surface area contributed by atoms with Crippen molar-refractivity contribution in [1.82, 2.24) is 14.8 Å². The van der Waals surface area contributed by atoms with Crippen molar-refractivity contribution in [3.05, 3.63) is 63.6 Å². The molecule has 1 aliphatic rings. The highest BCUT2D eigenvalue weighted by molar-refractivity contribution is 6.35. The molecule has 27 heavy (non-hydrogen) atoms. The van der Waals surface area contributed by atoms with E-state index in [1.54, 1.807) is 35.4 Å². The fourth-order valence-electron chi connectivity index (χ4n) is 3.15. The summed E-state index contributed by atoms with van der Waals surface area (Å²) in [6.07, 6.45) is 3.16. The Morgan fingerprint density at radius 1 is 1.19 bits per heavy atom. The van der Waals surface area contributed by atoms with Gasteiger partial charge in [-0.25, -0.2) is 4.39 Å². The van der Waals surface area contributed by atoms with Gasteiger partial charge in [0.2, 0.25) is 5.91 Å². The Labute approximate surface area is 167 Å². The number of carbonyl (C=O) groups is 1. The molecule has 0 aliphatic carbocycles. The predicted molar refractivity (Wildman–Crippen MR) is 104 cm³/mol. The maximum absolute atomic E-state index is 13.7. The summed E-state index contributed by atoms with van der Waals surface area (Å²) < 4.78 is 13.7. The van der Waals surface area contributed by atoms with Crippen LogP contribution in [0.4, 0.5) is 4.39 Å². The number of rotatable bonds is 5. The summed E-state index contributed by atoms with van der Waals surface area (Å²) in [6, 6.07) is 6.19. The third kappa shape index (κ3) is 5.17. The van der Waals surface area contributed by atoms with Gasteiger partial charge in [-0.1, -0.05) is 29.3 Å². The lowest BCUT2D eigenvalue weighted by atomic mass is 10.0. The topological polar surface area (TPSA) is 62.5 Å². The Hall–Kier alpha value is -1.73. The van der Waals surface area contributed by atoms with Gasteiger partial charge >= 0.3 is 0 Å². The molecule has 3 rings (SSSR count). The van der Waals surface area contributed by atoms with Crippen molar-refractivity contribution in [3.63, 3.8) is 0 Å². The minimum Gasteiger partial charge on any atom is -0.339 e. The molecule has 8 heteroatoms. The van der Waals surface area contributed by atoms with Crippen molar-refractivity contribution in [2.75, 3.05) is 26.2 Å². The molecule has 1 aromatic heterocycles. The highest BCUT2D eigenvalue weighted by atomic mass is 35.5. The molecule has 0 radical (unpaired) electrons. The normalized spacial score (nSPS) is 16.4. The van der Waals surface area contributed by atoms with Crippen LogP contribution >= 0.6 is 23.2 Å². The van der Waals surface area contributed by atoms with Gasteiger partial charge < -0.3 is 10.6 Å². The molecular formula is C19H21Cl2FN4O. The molecule has 1 aromatic carbocycles. The minimum atomic E-state index is -0.659. The van der Waals surface area contributed by atoms with E-state index in [0.717, 1.165) is 5.56 Å². The SMILES string of the molecule is NC(Cc1ccc(Cl)cc1Cl)C(=O)N1CCN(Cc2ccncc2F)CC1. The molecule has 0 spiro atoms. The Balaban J connectivity index is 1.52. The minimum absolute atomic E-state index is 0.101. The van der Waals surface area contributed by atoms with Crippen LogP contribution in [0.15, 0.2) is 36.7 Å². The molecule has 1 aliphatic heterocycles. The van der Waals surface area contributed by atoms with Gasteiger partial charge in [0.25, 0.3) is 0 Å². The molecule has 1 fully saturated rings. The van der Waals surface area contributed by atoms with Crippen LogP contribution in [0.25, 0.3) is 0 Å². The van der Waals surface area contributed by atoms with Gasteiger partial charge in [-0.3, -0.25) is 14.7 Å². The monoisotopic (exact) mass is 410 g/mol. The Kier molecular flexibility index (Phi) is 6.65. The number of pyridine rings is 1. The number of aromatic nitrogens is 1. The second-order valence-corrected chi connectivity index (χ2v) is 7.46. The molecule has 1 saturated heterocycles. The Bertz CT molecular complexity index is 812. The fraction of sp³-hybridized carbons (Fsp3) is 0.368. The molecule has 144 valence electrons. The lowest BCUT2D eigenvalue weighted by Gasteiger charge is -2.36. The van der Waals surface area contributed by atoms with E-state index in [0.29, 0.717) is 54.8 Å². The zero-order valence-corrected chi connectivity index (χ0v) is 16.3. The Morgan fingerprint density at radius 3 is 2.59 bits per heavy atom. The summed E-state index contributed by atoms with van der Waals surface area (Å²) >= 11 is 12.1. The summed E-state index contributed by atoms with van der Waals surface area (Å²) in [5, 5.41) is 1.06. The smallest absolute Gasteiger partial charge is 0.239 e. The highest BCUT2D eigenvalue weighted by Crippen LogP contribution is 2.22. The van der Waals surface area contributed by atoms with Crippen molar-refractivity contribution < 1.29 is 9.18 Å². The summed E-state index contributed by atoms with van der Waals surface area (Å²) in [5.74, 6) is -0.409. The molecule has 2 heterocycles. The first-order chi connectivity index (χ1) is 12.9. The van der Waals surface area contributed by atoms with Gasteiger partial charge in [0.15, 0.2) is 0 Å². The largest absolute Gasteiger partial charge is 0.339 e. The first kappa shape index (κ1) is 20.0. The van der Waals surface area contributed by atoms with E-state index >= 15 is 0 Å². The molecule has 0 bridgehead atoms. The maximum Gasteiger partial charge on any atom is 0.239 e. The maximum atomic E-state index is 13.7. The molecular weight excluding hydrogens is 390 g/mol. The molecule has 5 nitrogen and oxygen atoms in total. The lowest BCUT2D eigenvalue weighted by molar-refractivity contribution is -0.134. The number of amides is 1. The summed E-state index contributed by atoms with van der Waals surface area (Å²) in [7, 11) is 0. The van der Waals surface area contributed by atoms with Gasteiger partial charge in [0.1, 0.15) is 5.82 Å². The number of benzene rings is 1. The number of halogens is 3. The third-order valence-electron chi connectivity index (χ3n) is 4.71. The average Bonchev–Trinajstić information content (AvgIpc) is 2.66. The summed E-state index contributed by atoms with van der Waals surface area (Å²) in [4.78, 5) is 20.3. The van der Waals surface area contributed by atoms with Crippen molar-refractivity contribution in [1.29, 1.82) is 0 Å². The summed E-state index contributed by atoms with van der Waals surface area (Å²) in [5.41, 5.74) is 7.52. The lowest BCUT2D eigenvalue weighted by Crippen LogP contribution is -2.53. The number of hydrogen-bond acceptors (Lipinski definition) is 4. The molecule has 1 atom stereocenters. The molecule has 2 N–H and O–H groups in total. The van der Waals surface area contributed by atoms with Crippen LogP contribution in [0.1, 0.15) is 11.1 Å². The molecule has 0 saturated carbocycles. The van der Waals surface area contributed by atoms with Gasteiger partial charge in [-0.15, -0.1) is 0 Å². The first-order valence-corrected chi connectivity index (χ1v) is 9.48. The van der Waals surface area contributed by atoms with Crippen LogP contribution in [0, 0.1) is 5.82 Å².